The lowest BCUT2D eigenvalue weighted by Gasteiger charge is -2.30. The van der Waals surface area contributed by atoms with Gasteiger partial charge in [0.2, 0.25) is 0 Å². The Kier molecular flexibility index (Phi) is 6.32. The Balaban J connectivity index is 1.66. The number of ether oxygens (including phenoxy) is 2. The van der Waals surface area contributed by atoms with Crippen LogP contribution in [0.3, 0.4) is 0 Å². The molecule has 0 aliphatic carbocycles. The summed E-state index contributed by atoms with van der Waals surface area (Å²) >= 11 is 6.10. The van der Waals surface area contributed by atoms with Crippen molar-refractivity contribution >= 4 is 34.7 Å². The lowest BCUT2D eigenvalue weighted by atomic mass is 10.1. The van der Waals surface area contributed by atoms with Gasteiger partial charge in [0.25, 0.3) is 5.91 Å². The third-order valence-electron chi connectivity index (χ3n) is 4.19. The smallest absolute Gasteiger partial charge is 0.262 e. The molecule has 6 nitrogen and oxygen atoms in total. The van der Waals surface area contributed by atoms with Gasteiger partial charge in [-0.1, -0.05) is 23.7 Å². The Bertz CT molecular complexity index is 834. The van der Waals surface area contributed by atoms with E-state index in [1.54, 1.807) is 36.4 Å². The van der Waals surface area contributed by atoms with Gasteiger partial charge in [-0.25, -0.2) is 0 Å². The van der Waals surface area contributed by atoms with Crippen LogP contribution in [-0.4, -0.2) is 44.6 Å². The Morgan fingerprint density at radius 2 is 1.96 bits per heavy atom. The van der Waals surface area contributed by atoms with E-state index in [0.29, 0.717) is 35.2 Å². The van der Waals surface area contributed by atoms with E-state index in [-0.39, 0.29) is 18.3 Å². The van der Waals surface area contributed by atoms with E-state index in [1.807, 2.05) is 6.07 Å². The van der Waals surface area contributed by atoms with Gasteiger partial charge in [0, 0.05) is 23.7 Å². The largest absolute Gasteiger partial charge is 0.484 e. The molecule has 1 aliphatic rings. The van der Waals surface area contributed by atoms with Crippen LogP contribution in [0.15, 0.2) is 42.5 Å². The number of amides is 1. The van der Waals surface area contributed by atoms with E-state index < -0.39 is 0 Å². The molecule has 1 N–H and O–H groups in total. The maximum atomic E-state index is 12.4. The van der Waals surface area contributed by atoms with Crippen LogP contribution in [0.5, 0.6) is 5.75 Å². The summed E-state index contributed by atoms with van der Waals surface area (Å²) < 4.78 is 10.9. The summed E-state index contributed by atoms with van der Waals surface area (Å²) in [7, 11) is 0. The second-order valence-electron chi connectivity index (χ2n) is 6.18. The van der Waals surface area contributed by atoms with Crippen molar-refractivity contribution < 1.29 is 19.1 Å². The third kappa shape index (κ3) is 5.21. The Labute approximate surface area is 163 Å². The number of carbonyl (C=O) groups excluding carboxylic acids is 2. The maximum Gasteiger partial charge on any atom is 0.262 e. The van der Waals surface area contributed by atoms with Crippen LogP contribution in [0.1, 0.15) is 17.3 Å². The van der Waals surface area contributed by atoms with Gasteiger partial charge in [-0.15, -0.1) is 0 Å². The van der Waals surface area contributed by atoms with Crippen molar-refractivity contribution in [1.29, 1.82) is 0 Å². The summed E-state index contributed by atoms with van der Waals surface area (Å²) in [5.41, 5.74) is 2.07. The first kappa shape index (κ1) is 19.2. The van der Waals surface area contributed by atoms with Crippen molar-refractivity contribution in [3.8, 4) is 5.75 Å². The Morgan fingerprint density at radius 3 is 2.70 bits per heavy atom. The highest BCUT2D eigenvalue weighted by molar-refractivity contribution is 6.31. The summed E-state index contributed by atoms with van der Waals surface area (Å²) in [6.45, 7) is 4.10. The van der Waals surface area contributed by atoms with Gasteiger partial charge < -0.3 is 19.7 Å². The van der Waals surface area contributed by atoms with E-state index in [0.717, 1.165) is 18.8 Å². The van der Waals surface area contributed by atoms with Gasteiger partial charge in [-0.3, -0.25) is 9.59 Å². The van der Waals surface area contributed by atoms with Gasteiger partial charge in [-0.2, -0.15) is 0 Å². The average molecular weight is 389 g/mol. The van der Waals surface area contributed by atoms with Crippen molar-refractivity contribution in [2.75, 3.05) is 43.1 Å². The topological polar surface area (TPSA) is 67.9 Å². The molecule has 0 radical (unpaired) electrons. The van der Waals surface area contributed by atoms with Crippen molar-refractivity contribution in [1.82, 2.24) is 0 Å². The number of benzene rings is 2. The van der Waals surface area contributed by atoms with Crippen molar-refractivity contribution in [2.45, 2.75) is 6.92 Å². The standard InChI is InChI=1S/C20H21ClN2O4/c1-14(24)15-3-2-4-17(11-15)27-13-20(25)22-18-12-16(21)5-6-19(18)23-7-9-26-10-8-23/h2-6,11-12H,7-10,13H2,1H3,(H,22,25). The molecule has 0 atom stereocenters. The molecule has 1 fully saturated rings. The van der Waals surface area contributed by atoms with Crippen LogP contribution in [0.2, 0.25) is 5.02 Å². The fourth-order valence-electron chi connectivity index (χ4n) is 2.83. The molecule has 0 unspecified atom stereocenters. The second-order valence-corrected chi connectivity index (χ2v) is 6.62. The molecule has 0 spiro atoms. The third-order valence-corrected chi connectivity index (χ3v) is 4.43. The molecule has 3 rings (SSSR count). The number of nitrogens with one attached hydrogen (secondary N) is 1. The van der Waals surface area contributed by atoms with Crippen LogP contribution < -0.4 is 15.0 Å². The first-order chi connectivity index (χ1) is 13.0. The summed E-state index contributed by atoms with van der Waals surface area (Å²) in [6.07, 6.45) is 0. The summed E-state index contributed by atoms with van der Waals surface area (Å²) in [5, 5.41) is 3.40. The predicted molar refractivity (Wildman–Crippen MR) is 105 cm³/mol. The molecule has 27 heavy (non-hydrogen) atoms. The normalized spacial score (nSPS) is 13.9. The second kappa shape index (κ2) is 8.88. The quantitative estimate of drug-likeness (QED) is 0.768. The van der Waals surface area contributed by atoms with Gasteiger partial charge in [0.05, 0.1) is 24.6 Å². The summed E-state index contributed by atoms with van der Waals surface area (Å²) in [5.74, 6) is 0.108. The number of hydrogen-bond acceptors (Lipinski definition) is 5. The number of Topliss-reactive ketones (excluding diaryl/α,β-unsaturated/α-hetero) is 1. The number of rotatable bonds is 6. The highest BCUT2D eigenvalue weighted by atomic mass is 35.5. The van der Waals surface area contributed by atoms with E-state index >= 15 is 0 Å². The SMILES string of the molecule is CC(=O)c1cccc(OCC(=O)Nc2cc(Cl)ccc2N2CCOCC2)c1. The van der Waals surface area contributed by atoms with Gasteiger partial charge in [0.15, 0.2) is 12.4 Å². The van der Waals surface area contributed by atoms with Crippen LogP contribution >= 0.6 is 11.6 Å². The lowest BCUT2D eigenvalue weighted by Crippen LogP contribution is -2.37. The van der Waals surface area contributed by atoms with Crippen molar-refractivity contribution in [2.24, 2.45) is 0 Å². The molecule has 0 bridgehead atoms. The minimum absolute atomic E-state index is 0.0565. The molecular weight excluding hydrogens is 368 g/mol. The van der Waals surface area contributed by atoms with Crippen LogP contribution in [-0.2, 0) is 9.53 Å². The first-order valence-electron chi connectivity index (χ1n) is 8.69. The first-order valence-corrected chi connectivity index (χ1v) is 9.06. The number of morpholine rings is 1. The molecule has 1 heterocycles. The molecule has 2 aromatic rings. The summed E-state index contributed by atoms with van der Waals surface area (Å²) in [4.78, 5) is 25.9. The molecule has 142 valence electrons. The van der Waals surface area contributed by atoms with E-state index in [2.05, 4.69) is 10.2 Å². The monoisotopic (exact) mass is 388 g/mol. The summed E-state index contributed by atoms with van der Waals surface area (Å²) in [6, 6.07) is 12.2. The molecule has 1 saturated heterocycles. The van der Waals surface area contributed by atoms with Gasteiger partial charge in [0.1, 0.15) is 5.75 Å². The Hall–Kier alpha value is -2.57. The number of ketones is 1. The zero-order valence-corrected chi connectivity index (χ0v) is 15.8. The number of halogens is 1. The highest BCUT2D eigenvalue weighted by Crippen LogP contribution is 2.30. The lowest BCUT2D eigenvalue weighted by molar-refractivity contribution is -0.118. The molecule has 0 aromatic heterocycles. The molecule has 7 heteroatoms. The van der Waals surface area contributed by atoms with E-state index in [4.69, 9.17) is 21.1 Å². The van der Waals surface area contributed by atoms with Crippen molar-refractivity contribution in [3.63, 3.8) is 0 Å². The Morgan fingerprint density at radius 1 is 1.19 bits per heavy atom. The minimum Gasteiger partial charge on any atom is -0.484 e. The van der Waals surface area contributed by atoms with Crippen molar-refractivity contribution in [3.05, 3.63) is 53.1 Å². The zero-order valence-electron chi connectivity index (χ0n) is 15.0. The van der Waals surface area contributed by atoms with E-state index in [1.165, 1.54) is 6.92 Å². The van der Waals surface area contributed by atoms with Crippen LogP contribution in [0, 0.1) is 0 Å². The number of anilines is 2. The zero-order chi connectivity index (χ0) is 19.2. The number of hydrogen-bond donors (Lipinski definition) is 1. The van der Waals surface area contributed by atoms with Crippen LogP contribution in [0.25, 0.3) is 0 Å². The number of nitrogens with zero attached hydrogens (tertiary/aromatic N) is 1. The molecule has 2 aromatic carbocycles. The highest BCUT2D eigenvalue weighted by Gasteiger charge is 2.17. The minimum atomic E-state index is -0.306. The van der Waals surface area contributed by atoms with Gasteiger partial charge in [-0.05, 0) is 37.3 Å². The average Bonchev–Trinajstić information content (AvgIpc) is 2.67. The van der Waals surface area contributed by atoms with E-state index in [9.17, 15) is 9.59 Å². The fraction of sp³-hybridized carbons (Fsp3) is 0.300. The van der Waals surface area contributed by atoms with Gasteiger partial charge >= 0.3 is 0 Å². The molecule has 0 saturated carbocycles. The maximum absolute atomic E-state index is 12.4. The molecule has 1 aliphatic heterocycles. The molecule has 1 amide bonds. The van der Waals surface area contributed by atoms with Crippen LogP contribution in [0.4, 0.5) is 11.4 Å². The number of carbonyl (C=O) groups is 2. The predicted octanol–water partition coefficient (Wildman–Crippen LogP) is 3.40. The fourth-order valence-corrected chi connectivity index (χ4v) is 3.00. The molecular formula is C20H21ClN2O4.